The number of fused-ring (bicyclic) bond motifs is 1. The number of anilines is 1. The number of Topliss-reactive ketones (excluding diaryl/α,β-unsaturated/α-hetero) is 1. The van der Waals surface area contributed by atoms with E-state index in [9.17, 15) is 14.8 Å². The number of hydrogen-bond acceptors (Lipinski definition) is 6. The summed E-state index contributed by atoms with van der Waals surface area (Å²) in [5, 5.41) is 22.1. The number of aromatic nitrogens is 3. The first-order chi connectivity index (χ1) is 15.4. The van der Waals surface area contributed by atoms with Crippen molar-refractivity contribution in [2.24, 2.45) is 0 Å². The summed E-state index contributed by atoms with van der Waals surface area (Å²) >= 11 is 0. The van der Waals surface area contributed by atoms with Crippen molar-refractivity contribution in [1.29, 1.82) is 5.26 Å². The Morgan fingerprint density at radius 3 is 2.56 bits per heavy atom. The van der Waals surface area contributed by atoms with Crippen LogP contribution < -0.4 is 5.32 Å². The van der Waals surface area contributed by atoms with Crippen molar-refractivity contribution in [3.63, 3.8) is 0 Å². The minimum atomic E-state index is -0.362. The second-order valence-corrected chi connectivity index (χ2v) is 7.00. The highest BCUT2D eigenvalue weighted by Crippen LogP contribution is 2.24. The topological polar surface area (TPSA) is 121 Å². The third-order valence-corrected chi connectivity index (χ3v) is 4.78. The number of pyridine rings is 1. The van der Waals surface area contributed by atoms with Crippen LogP contribution in [-0.2, 0) is 4.79 Å². The lowest BCUT2D eigenvalue weighted by atomic mass is 10.1. The van der Waals surface area contributed by atoms with Crippen LogP contribution in [0, 0.1) is 11.3 Å². The van der Waals surface area contributed by atoms with Gasteiger partial charge in [0.15, 0.2) is 11.6 Å². The van der Waals surface area contributed by atoms with Gasteiger partial charge in [0.1, 0.15) is 11.3 Å². The number of carbonyl (C=O) groups is 2. The largest absolute Gasteiger partial charge is 0.426 e. The van der Waals surface area contributed by atoms with E-state index in [0.29, 0.717) is 33.5 Å². The van der Waals surface area contributed by atoms with Gasteiger partial charge >= 0.3 is 0 Å². The molecule has 0 radical (unpaired) electrons. The van der Waals surface area contributed by atoms with E-state index in [1.165, 1.54) is 19.2 Å². The maximum atomic E-state index is 12.2. The molecule has 0 spiro atoms. The van der Waals surface area contributed by atoms with Gasteiger partial charge in [-0.3, -0.25) is 9.59 Å². The van der Waals surface area contributed by atoms with Crippen molar-refractivity contribution >= 4 is 34.6 Å². The number of carbonyl (C=O) groups excluding carboxylic acids is 2. The molecule has 0 saturated carbocycles. The van der Waals surface area contributed by atoms with Gasteiger partial charge in [0.25, 0.3) is 0 Å². The fourth-order valence-electron chi connectivity index (χ4n) is 3.09. The molecule has 0 aliphatic carbocycles. The number of ketones is 1. The summed E-state index contributed by atoms with van der Waals surface area (Å²) in [4.78, 5) is 32.1. The molecule has 0 bridgehead atoms. The first kappa shape index (κ1) is 20.5. The molecule has 2 heterocycles. The fraction of sp³-hybridized carbons (Fsp3) is 0.0417. The minimum Gasteiger partial charge on any atom is -0.426 e. The summed E-state index contributed by atoms with van der Waals surface area (Å²) in [5.74, 6) is 0.230. The van der Waals surface area contributed by atoms with Gasteiger partial charge in [-0.05, 0) is 48.9 Å². The predicted octanol–water partition coefficient (Wildman–Crippen LogP) is 4.06. The van der Waals surface area contributed by atoms with Crippen LogP contribution in [0.2, 0.25) is 0 Å². The zero-order valence-corrected chi connectivity index (χ0v) is 17.0. The summed E-state index contributed by atoms with van der Waals surface area (Å²) < 4.78 is 0.908. The van der Waals surface area contributed by atoms with Crippen LogP contribution in [0.5, 0.6) is 0 Å². The second kappa shape index (κ2) is 8.53. The Balaban J connectivity index is 1.46. The molecule has 0 aliphatic heterocycles. The van der Waals surface area contributed by atoms with E-state index in [1.54, 1.807) is 60.7 Å². The van der Waals surface area contributed by atoms with Crippen LogP contribution in [0.25, 0.3) is 28.5 Å². The lowest BCUT2D eigenvalue weighted by Crippen LogP contribution is -2.09. The molecule has 0 fully saturated rings. The van der Waals surface area contributed by atoms with Gasteiger partial charge in [-0.2, -0.15) is 9.99 Å². The zero-order valence-electron chi connectivity index (χ0n) is 17.0. The molecule has 8 heteroatoms. The zero-order chi connectivity index (χ0) is 22.7. The third kappa shape index (κ3) is 4.22. The molecule has 0 aliphatic rings. The van der Waals surface area contributed by atoms with Gasteiger partial charge < -0.3 is 10.5 Å². The van der Waals surface area contributed by atoms with Gasteiger partial charge in [0.2, 0.25) is 5.91 Å². The van der Waals surface area contributed by atoms with Crippen molar-refractivity contribution in [3.05, 3.63) is 83.6 Å². The average molecular weight is 423 g/mol. The lowest BCUT2D eigenvalue weighted by Gasteiger charge is -2.04. The van der Waals surface area contributed by atoms with Crippen LogP contribution in [0.15, 0.2) is 66.9 Å². The molecule has 2 aromatic carbocycles. The Hall–Kier alpha value is -4.77. The van der Waals surface area contributed by atoms with E-state index in [4.69, 9.17) is 5.26 Å². The predicted molar refractivity (Wildman–Crippen MR) is 119 cm³/mol. The van der Waals surface area contributed by atoms with Gasteiger partial charge in [-0.15, -0.1) is 0 Å². The van der Waals surface area contributed by atoms with Crippen LogP contribution in [0.1, 0.15) is 28.4 Å². The highest BCUT2D eigenvalue weighted by atomic mass is 16.5. The number of amides is 1. The number of nitrogens with one attached hydrogen (secondary N) is 1. The maximum Gasteiger partial charge on any atom is 0.249 e. The third-order valence-electron chi connectivity index (χ3n) is 4.78. The number of nitriles is 1. The van der Waals surface area contributed by atoms with E-state index in [2.05, 4.69) is 15.3 Å². The summed E-state index contributed by atoms with van der Waals surface area (Å²) in [5.41, 5.74) is 3.31. The highest BCUT2D eigenvalue weighted by molar-refractivity contribution is 6.01. The monoisotopic (exact) mass is 423 g/mol. The number of rotatable bonds is 5. The summed E-state index contributed by atoms with van der Waals surface area (Å²) in [6, 6.07) is 17.1. The average Bonchev–Trinajstić information content (AvgIpc) is 3.14. The number of imidazole rings is 1. The van der Waals surface area contributed by atoms with Crippen molar-refractivity contribution in [2.45, 2.75) is 6.92 Å². The Kier molecular flexibility index (Phi) is 5.47. The Labute approximate surface area is 183 Å². The lowest BCUT2D eigenvalue weighted by molar-refractivity contribution is -0.111. The molecule has 0 unspecified atom stereocenters. The highest BCUT2D eigenvalue weighted by Gasteiger charge is 2.13. The van der Waals surface area contributed by atoms with E-state index in [0.717, 1.165) is 10.3 Å². The summed E-state index contributed by atoms with van der Waals surface area (Å²) in [6.45, 7) is 1.50. The molecule has 8 nitrogen and oxygen atoms in total. The molecule has 2 N–H and O–H groups in total. The van der Waals surface area contributed by atoms with E-state index < -0.39 is 0 Å². The van der Waals surface area contributed by atoms with Crippen LogP contribution in [0.3, 0.4) is 0 Å². The van der Waals surface area contributed by atoms with Crippen LogP contribution in [0.4, 0.5) is 5.82 Å². The standard InChI is InChI=1S/C24H17N5O3/c1-15(30)18-6-2-16(3-7-18)5-11-23(31)28-22-10-8-19(14-26-22)24-27-20-9-4-17(13-25)12-21(20)29(24)32/h2-12,14,32H,1H3,(H,26,28,31)/b11-5+. The van der Waals surface area contributed by atoms with E-state index in [1.807, 2.05) is 6.07 Å². The molecule has 2 aromatic heterocycles. The quantitative estimate of drug-likeness (QED) is 0.284. The Bertz CT molecular complexity index is 1390. The Morgan fingerprint density at radius 1 is 1.12 bits per heavy atom. The molecule has 32 heavy (non-hydrogen) atoms. The fourth-order valence-corrected chi connectivity index (χ4v) is 3.09. The van der Waals surface area contributed by atoms with Crippen LogP contribution in [-0.4, -0.2) is 31.6 Å². The molecule has 0 saturated heterocycles. The van der Waals surface area contributed by atoms with Gasteiger partial charge in [0, 0.05) is 23.4 Å². The van der Waals surface area contributed by atoms with Gasteiger partial charge in [0.05, 0.1) is 17.1 Å². The smallest absolute Gasteiger partial charge is 0.249 e. The van der Waals surface area contributed by atoms with Crippen molar-refractivity contribution in [1.82, 2.24) is 14.7 Å². The number of benzene rings is 2. The van der Waals surface area contributed by atoms with Crippen molar-refractivity contribution in [3.8, 4) is 17.5 Å². The molecule has 1 amide bonds. The summed E-state index contributed by atoms with van der Waals surface area (Å²) in [6.07, 6.45) is 4.49. The normalized spacial score (nSPS) is 10.9. The molecule has 156 valence electrons. The van der Waals surface area contributed by atoms with Gasteiger partial charge in [-0.25, -0.2) is 9.97 Å². The molecular weight excluding hydrogens is 406 g/mol. The minimum absolute atomic E-state index is 0.0171. The number of nitrogens with zero attached hydrogens (tertiary/aromatic N) is 4. The first-order valence-corrected chi connectivity index (χ1v) is 9.63. The second-order valence-electron chi connectivity index (χ2n) is 7.00. The van der Waals surface area contributed by atoms with E-state index in [-0.39, 0.29) is 17.5 Å². The molecular formula is C24H17N5O3. The SMILES string of the molecule is CC(=O)c1ccc(/C=C/C(=O)Nc2ccc(-c3nc4ccc(C#N)cc4n3O)cn2)cc1. The Morgan fingerprint density at radius 2 is 1.91 bits per heavy atom. The molecule has 4 aromatic rings. The van der Waals surface area contributed by atoms with Gasteiger partial charge in [-0.1, -0.05) is 24.3 Å². The number of hydrogen-bond donors (Lipinski definition) is 2. The van der Waals surface area contributed by atoms with Crippen molar-refractivity contribution < 1.29 is 14.8 Å². The van der Waals surface area contributed by atoms with Crippen LogP contribution >= 0.6 is 0 Å². The summed E-state index contributed by atoms with van der Waals surface area (Å²) in [7, 11) is 0. The maximum absolute atomic E-state index is 12.2. The van der Waals surface area contributed by atoms with Crippen molar-refractivity contribution in [2.75, 3.05) is 5.32 Å². The molecule has 0 atom stereocenters. The molecule has 4 rings (SSSR count). The first-order valence-electron chi connectivity index (χ1n) is 9.63. The van der Waals surface area contributed by atoms with E-state index >= 15 is 0 Å².